The second-order valence-corrected chi connectivity index (χ2v) is 15.9. The minimum atomic E-state index is -1.21. The summed E-state index contributed by atoms with van der Waals surface area (Å²) in [5, 5.41) is 2.59. The molecule has 5 heterocycles. The Morgan fingerprint density at radius 3 is 2.18 bits per heavy atom. The largest absolute Gasteiger partial charge is 0.453 e. The normalized spacial score (nSPS) is 21.1. The summed E-state index contributed by atoms with van der Waals surface area (Å²) < 4.78 is 25.7. The third-order valence-corrected chi connectivity index (χ3v) is 11.5. The van der Waals surface area contributed by atoms with E-state index < -0.39 is 24.3 Å². The summed E-state index contributed by atoms with van der Waals surface area (Å²) in [6.45, 7) is 11.0. The van der Waals surface area contributed by atoms with E-state index in [9.17, 15) is 18.8 Å². The Labute approximate surface area is 400 Å². The summed E-state index contributed by atoms with van der Waals surface area (Å²) in [6, 6.07) is 12.0. The molecule has 2 aromatic carbocycles. The van der Waals surface area contributed by atoms with Gasteiger partial charge in [0, 0.05) is 36.5 Å². The van der Waals surface area contributed by atoms with Crippen LogP contribution in [0.25, 0.3) is 22.3 Å². The Bertz CT molecular complexity index is 2140. The lowest BCUT2D eigenvalue weighted by molar-refractivity contribution is -0.138. The number of nitrogens with one attached hydrogen (secondary N) is 3. The number of likely N-dealkylation sites (tertiary alicyclic amines) is 2. The maximum absolute atomic E-state index is 14.7. The lowest BCUT2D eigenvalue weighted by Crippen LogP contribution is -2.51. The zero-order valence-corrected chi connectivity index (χ0v) is 41.3. The van der Waals surface area contributed by atoms with Gasteiger partial charge in [0.1, 0.15) is 23.9 Å². The molecule has 1 spiro atoms. The maximum Gasteiger partial charge on any atom is 0.407 e. The van der Waals surface area contributed by atoms with E-state index in [1.807, 2.05) is 68.1 Å². The van der Waals surface area contributed by atoms with Crippen molar-refractivity contribution in [3.8, 4) is 23.1 Å². The summed E-state index contributed by atoms with van der Waals surface area (Å²) in [7, 11) is 1.23. The molecule has 3 saturated heterocycles. The first-order valence-corrected chi connectivity index (χ1v) is 19.2. The van der Waals surface area contributed by atoms with Crippen LogP contribution in [0.5, 0.6) is 0 Å². The number of fused-ring (bicyclic) bond motifs is 1. The van der Waals surface area contributed by atoms with Crippen molar-refractivity contribution in [1.82, 2.24) is 35.1 Å². The van der Waals surface area contributed by atoms with Gasteiger partial charge < -0.3 is 34.6 Å². The van der Waals surface area contributed by atoms with Crippen molar-refractivity contribution in [2.24, 2.45) is 17.8 Å². The first-order valence-electron chi connectivity index (χ1n) is 19.2. The van der Waals surface area contributed by atoms with Crippen LogP contribution in [0.4, 0.5) is 9.18 Å². The van der Waals surface area contributed by atoms with Gasteiger partial charge in [-0.3, -0.25) is 9.59 Å². The third kappa shape index (κ3) is 12.1. The highest BCUT2D eigenvalue weighted by molar-refractivity contribution is 7.60. The fourth-order valence-electron chi connectivity index (χ4n) is 7.97. The quantitative estimate of drug-likeness (QED) is 0.159. The average Bonchev–Trinajstić information content (AvgIpc) is 4.03. The number of H-pyrrole nitrogens is 2. The van der Waals surface area contributed by atoms with Gasteiger partial charge >= 0.3 is 6.09 Å². The van der Waals surface area contributed by atoms with Crippen LogP contribution in [0.2, 0.25) is 0 Å². The van der Waals surface area contributed by atoms with Crippen molar-refractivity contribution < 1.29 is 28.2 Å². The van der Waals surface area contributed by atoms with Gasteiger partial charge in [-0.1, -0.05) is 58.6 Å². The molecule has 3 amide bonds. The van der Waals surface area contributed by atoms with Crippen molar-refractivity contribution in [3.63, 3.8) is 0 Å². The number of hydrogen-bond acceptors (Lipinski definition) is 7. The zero-order valence-electron chi connectivity index (χ0n) is 35.3. The molecule has 4 aromatic rings. The lowest BCUT2D eigenvalue weighted by Gasteiger charge is -2.29. The molecule has 0 bridgehead atoms. The highest BCUT2D eigenvalue weighted by Gasteiger charge is 2.50. The van der Waals surface area contributed by atoms with E-state index in [0.29, 0.717) is 12.4 Å². The first-order chi connectivity index (χ1) is 26.3. The highest BCUT2D eigenvalue weighted by atomic mass is 32.1. The highest BCUT2D eigenvalue weighted by Crippen LogP contribution is 2.45. The number of nitrogens with zero attached hydrogens (tertiary/aromatic N) is 4. The van der Waals surface area contributed by atoms with Crippen LogP contribution in [-0.4, -0.2) is 92.3 Å². The maximum atomic E-state index is 14.7. The average molecular weight is 956 g/mol. The third-order valence-electron chi connectivity index (χ3n) is 11.5. The Balaban J connectivity index is 0.00000310. The molecule has 3 aliphatic rings. The van der Waals surface area contributed by atoms with Crippen LogP contribution in [0.1, 0.15) is 95.2 Å². The minimum Gasteiger partial charge on any atom is -0.453 e. The number of hydrogen-bond donors (Lipinski definition) is 3. The number of halogens is 1. The van der Waals surface area contributed by atoms with E-state index in [4.69, 9.17) is 14.5 Å². The smallest absolute Gasteiger partial charge is 0.407 e. The van der Waals surface area contributed by atoms with E-state index in [0.717, 1.165) is 65.1 Å². The number of aromatic amines is 2. The molecule has 338 valence electrons. The number of imidazole rings is 2. The number of amides is 3. The summed E-state index contributed by atoms with van der Waals surface area (Å²) in [5.41, 5.74) is 4.63. The number of alkyl carbamates (subject to hydrolysis) is 1. The lowest BCUT2D eigenvalue weighted by atomic mass is 9.96. The fourth-order valence-corrected chi connectivity index (χ4v) is 7.97. The van der Waals surface area contributed by atoms with E-state index in [2.05, 4.69) is 46.0 Å². The van der Waals surface area contributed by atoms with Gasteiger partial charge in [0.05, 0.1) is 60.8 Å². The fraction of sp³-hybridized carbons (Fsp3) is 0.500. The van der Waals surface area contributed by atoms with Crippen molar-refractivity contribution in [3.05, 3.63) is 71.4 Å². The predicted octanol–water partition coefficient (Wildman–Crippen LogP) is 7.14. The molecule has 19 heteroatoms. The summed E-state index contributed by atoms with van der Waals surface area (Å²) in [4.78, 5) is 58.8. The molecule has 0 radical (unpaired) electrons. The van der Waals surface area contributed by atoms with Crippen LogP contribution in [0.3, 0.4) is 0 Å². The SMILES string of the molecule is COC(=O)N[C@H](C(=O)N1C[C@@H](F)C[C@H]1c1ncc(-c2ccc(C#Cc3ccc4nc([C@@H]5C[C@@]6(CCCO6)CN5C(=O)[C@@H](C)C(C)C)[nH]c4c3)cc2)[nH]1)C(C)C.S.S.S.S.S.S. The minimum absolute atomic E-state index is 0. The molecule has 0 saturated carbocycles. The molecule has 3 fully saturated rings. The monoisotopic (exact) mass is 955 g/mol. The van der Waals surface area contributed by atoms with Crippen LogP contribution in [0.15, 0.2) is 48.7 Å². The molecular weight excluding hydrogens is 894 g/mol. The predicted molar refractivity (Wildman–Crippen MR) is 268 cm³/mol. The Morgan fingerprint density at radius 2 is 1.56 bits per heavy atom. The number of alkyl halides is 1. The molecule has 0 unspecified atom stereocenters. The van der Waals surface area contributed by atoms with Gasteiger partial charge in [0.2, 0.25) is 11.8 Å². The van der Waals surface area contributed by atoms with Crippen molar-refractivity contribution >= 4 is 110 Å². The number of rotatable bonds is 8. The van der Waals surface area contributed by atoms with E-state index >= 15 is 0 Å². The van der Waals surface area contributed by atoms with Crippen molar-refractivity contribution in [1.29, 1.82) is 0 Å². The molecular formula is C42H62FN7O5S6. The topological polar surface area (TPSA) is 146 Å². The van der Waals surface area contributed by atoms with Gasteiger partial charge in [-0.15, -0.1) is 0 Å². The number of carbonyl (C=O) groups excluding carboxylic acids is 3. The van der Waals surface area contributed by atoms with E-state index in [-0.39, 0.29) is 135 Å². The van der Waals surface area contributed by atoms with Gasteiger partial charge in [-0.2, -0.15) is 81.0 Å². The van der Waals surface area contributed by atoms with Crippen LogP contribution < -0.4 is 5.32 Å². The Kier molecular flexibility index (Phi) is 21.6. The van der Waals surface area contributed by atoms with Crippen molar-refractivity contribution in [2.75, 3.05) is 26.8 Å². The number of carbonyl (C=O) groups is 3. The molecule has 0 aliphatic carbocycles. The standard InChI is InChI=1S/C42H50FN7O5.6H2S/c1-24(2)26(5)39(51)50-23-42(16-7-17-55-42)20-35(50)38-45-31-15-12-28(18-32(31)46-38)9-8-27-10-13-29(14-11-27)33-21-44-37(47-33)34-19-30(43)22-49(34)40(52)36(25(3)4)48-41(53)54-6;;;;;;/h10-15,18,21,24-26,30,34-36H,7,16-17,19-20,22-23H2,1-6H3,(H,44,47)(H,45,46)(H,48,53);6*1H2/t26-,30-,34-,35-,36-,42-;;;;;;/m0....../s1. The molecule has 7 rings (SSSR count). The molecule has 2 aromatic heterocycles. The Morgan fingerprint density at radius 1 is 0.885 bits per heavy atom. The summed E-state index contributed by atoms with van der Waals surface area (Å²) >= 11 is 0. The van der Waals surface area contributed by atoms with Gasteiger partial charge in [0.15, 0.2) is 0 Å². The number of methoxy groups -OCH3 is 1. The first kappa shape index (κ1) is 55.9. The number of ether oxygens (including phenoxy) is 2. The molecule has 6 atom stereocenters. The van der Waals surface area contributed by atoms with Crippen LogP contribution in [0, 0.1) is 29.6 Å². The van der Waals surface area contributed by atoms with Gasteiger partial charge in [0.25, 0.3) is 0 Å². The van der Waals surface area contributed by atoms with Crippen molar-refractivity contribution in [2.45, 2.75) is 90.2 Å². The summed E-state index contributed by atoms with van der Waals surface area (Å²) in [6.07, 6.45) is 2.54. The van der Waals surface area contributed by atoms with E-state index in [1.54, 1.807) is 6.20 Å². The molecule has 3 aliphatic heterocycles. The second-order valence-electron chi connectivity index (χ2n) is 15.9. The van der Waals surface area contributed by atoms with Crippen LogP contribution >= 0.6 is 81.0 Å². The second kappa shape index (κ2) is 23.5. The summed E-state index contributed by atoms with van der Waals surface area (Å²) in [5.74, 6) is 7.46. The Hall–Kier alpha value is -3.12. The van der Waals surface area contributed by atoms with E-state index in [1.165, 1.54) is 12.0 Å². The van der Waals surface area contributed by atoms with Crippen LogP contribution in [-0.2, 0) is 19.1 Å². The molecule has 3 N–H and O–H groups in total. The molecule has 12 nitrogen and oxygen atoms in total. The van der Waals surface area contributed by atoms with Gasteiger partial charge in [-0.25, -0.2) is 19.2 Å². The van der Waals surface area contributed by atoms with Gasteiger partial charge in [-0.05, 0) is 60.6 Å². The number of aromatic nitrogens is 4. The molecule has 61 heavy (non-hydrogen) atoms. The number of benzene rings is 2. The zero-order chi connectivity index (χ0) is 39.0.